The van der Waals surface area contributed by atoms with Crippen LogP contribution in [0.5, 0.6) is 5.75 Å². The number of carbonyl (C=O) groups excluding carboxylic acids is 1. The van der Waals surface area contributed by atoms with Crippen LogP contribution in [0.25, 0.3) is 0 Å². The molecule has 1 unspecified atom stereocenters. The molecule has 0 fully saturated rings. The number of amides is 1. The van der Waals surface area contributed by atoms with Gasteiger partial charge in [0.15, 0.2) is 0 Å². The molecule has 6 heteroatoms. The van der Waals surface area contributed by atoms with E-state index in [1.807, 2.05) is 6.26 Å². The zero-order valence-electron chi connectivity index (χ0n) is 10.4. The van der Waals surface area contributed by atoms with Gasteiger partial charge in [-0.15, -0.1) is 0 Å². The molecule has 1 amide bonds. The molecule has 0 spiro atoms. The molecule has 0 aromatic heterocycles. The second-order valence-electron chi connectivity index (χ2n) is 3.59. The molecule has 1 atom stereocenters. The van der Waals surface area contributed by atoms with E-state index in [1.54, 1.807) is 6.92 Å². The Hall–Kier alpha value is -1.69. The van der Waals surface area contributed by atoms with Gasteiger partial charge in [-0.25, -0.2) is 4.79 Å². The van der Waals surface area contributed by atoms with E-state index in [1.165, 1.54) is 37.1 Å². The van der Waals surface area contributed by atoms with Crippen molar-refractivity contribution < 1.29 is 19.4 Å². The number of methoxy groups -OCH3 is 1. The Bertz CT molecular complexity index is 461. The quantitative estimate of drug-likeness (QED) is 0.856. The van der Waals surface area contributed by atoms with Crippen molar-refractivity contribution in [3.8, 4) is 5.75 Å². The maximum atomic E-state index is 11.7. The van der Waals surface area contributed by atoms with Gasteiger partial charge in [-0.05, 0) is 31.4 Å². The number of nitrogens with one attached hydrogen (secondary N) is 1. The topological polar surface area (TPSA) is 75.6 Å². The lowest BCUT2D eigenvalue weighted by molar-refractivity contribution is -0.115. The summed E-state index contributed by atoms with van der Waals surface area (Å²) in [7, 11) is 1.43. The monoisotopic (exact) mass is 269 g/mol. The normalized spacial score (nSPS) is 11.7. The SMILES string of the molecule is COc1cc(C(=O)O)ccc1NC(=O)C(C)SC. The lowest BCUT2D eigenvalue weighted by Gasteiger charge is -2.13. The molecule has 0 aliphatic rings. The molecular weight excluding hydrogens is 254 g/mol. The predicted octanol–water partition coefficient (Wildman–Crippen LogP) is 2.08. The molecule has 0 bridgehead atoms. The van der Waals surface area contributed by atoms with Crippen LogP contribution in [0.2, 0.25) is 0 Å². The summed E-state index contributed by atoms with van der Waals surface area (Å²) < 4.78 is 5.07. The number of aromatic carboxylic acids is 1. The number of anilines is 1. The van der Waals surface area contributed by atoms with E-state index in [4.69, 9.17) is 9.84 Å². The van der Waals surface area contributed by atoms with Crippen LogP contribution in [0.4, 0.5) is 5.69 Å². The average Bonchev–Trinajstić information content (AvgIpc) is 2.37. The highest BCUT2D eigenvalue weighted by molar-refractivity contribution is 7.99. The van der Waals surface area contributed by atoms with Gasteiger partial charge in [0, 0.05) is 0 Å². The van der Waals surface area contributed by atoms with E-state index in [0.29, 0.717) is 11.4 Å². The molecular formula is C12H15NO4S. The van der Waals surface area contributed by atoms with Crippen molar-refractivity contribution >= 4 is 29.3 Å². The van der Waals surface area contributed by atoms with Crippen LogP contribution >= 0.6 is 11.8 Å². The summed E-state index contributed by atoms with van der Waals surface area (Å²) in [6.07, 6.45) is 1.84. The summed E-state index contributed by atoms with van der Waals surface area (Å²) in [6.45, 7) is 1.79. The first-order valence-corrected chi connectivity index (χ1v) is 6.53. The highest BCUT2D eigenvalue weighted by atomic mass is 32.2. The average molecular weight is 269 g/mol. The second kappa shape index (κ2) is 6.30. The Morgan fingerprint density at radius 1 is 1.44 bits per heavy atom. The molecule has 5 nitrogen and oxygen atoms in total. The van der Waals surface area contributed by atoms with Gasteiger partial charge in [0.05, 0.1) is 23.6 Å². The highest BCUT2D eigenvalue weighted by Crippen LogP contribution is 2.26. The molecule has 0 aliphatic carbocycles. The van der Waals surface area contributed by atoms with E-state index in [0.717, 1.165) is 0 Å². The van der Waals surface area contributed by atoms with Gasteiger partial charge in [0.25, 0.3) is 0 Å². The number of thioether (sulfide) groups is 1. The lowest BCUT2D eigenvalue weighted by atomic mass is 10.2. The van der Waals surface area contributed by atoms with Crippen LogP contribution in [-0.4, -0.2) is 35.6 Å². The third kappa shape index (κ3) is 3.40. The summed E-state index contributed by atoms with van der Waals surface area (Å²) in [5, 5.41) is 11.4. The van der Waals surface area contributed by atoms with E-state index >= 15 is 0 Å². The van der Waals surface area contributed by atoms with Crippen LogP contribution in [0.1, 0.15) is 17.3 Å². The first kappa shape index (κ1) is 14.4. The third-order valence-electron chi connectivity index (χ3n) is 2.43. The van der Waals surface area contributed by atoms with E-state index < -0.39 is 5.97 Å². The minimum Gasteiger partial charge on any atom is -0.495 e. The summed E-state index contributed by atoms with van der Waals surface area (Å²) in [5.74, 6) is -0.857. The standard InChI is InChI=1S/C12H15NO4S/c1-7(18-3)11(14)13-9-5-4-8(12(15)16)6-10(9)17-2/h4-7H,1-3H3,(H,13,14)(H,15,16). The molecule has 0 heterocycles. The molecule has 0 radical (unpaired) electrons. The molecule has 2 N–H and O–H groups in total. The highest BCUT2D eigenvalue weighted by Gasteiger charge is 2.15. The van der Waals surface area contributed by atoms with E-state index in [-0.39, 0.29) is 16.7 Å². The Morgan fingerprint density at radius 2 is 2.11 bits per heavy atom. The zero-order valence-corrected chi connectivity index (χ0v) is 11.2. The fourth-order valence-corrected chi connectivity index (χ4v) is 1.54. The van der Waals surface area contributed by atoms with Crippen molar-refractivity contribution in [3.05, 3.63) is 23.8 Å². The number of benzene rings is 1. The number of ether oxygens (including phenoxy) is 1. The molecule has 18 heavy (non-hydrogen) atoms. The van der Waals surface area contributed by atoms with Crippen molar-refractivity contribution in [3.63, 3.8) is 0 Å². The number of hydrogen-bond acceptors (Lipinski definition) is 4. The molecule has 1 aromatic carbocycles. The van der Waals surface area contributed by atoms with Crippen molar-refractivity contribution in [2.75, 3.05) is 18.7 Å². The minimum absolute atomic E-state index is 0.114. The number of carboxylic acids is 1. The van der Waals surface area contributed by atoms with Crippen molar-refractivity contribution in [1.82, 2.24) is 0 Å². The van der Waals surface area contributed by atoms with Gasteiger partial charge in [0.2, 0.25) is 5.91 Å². The maximum Gasteiger partial charge on any atom is 0.335 e. The predicted molar refractivity (Wildman–Crippen MR) is 71.6 cm³/mol. The maximum absolute atomic E-state index is 11.7. The summed E-state index contributed by atoms with van der Waals surface area (Å²) in [6, 6.07) is 4.32. The molecule has 0 aliphatic heterocycles. The van der Waals surface area contributed by atoms with E-state index in [9.17, 15) is 9.59 Å². The van der Waals surface area contributed by atoms with Gasteiger partial charge in [-0.2, -0.15) is 11.8 Å². The molecule has 1 aromatic rings. The van der Waals surface area contributed by atoms with Gasteiger partial charge in [0.1, 0.15) is 5.75 Å². The Labute approximate surface area is 110 Å². The van der Waals surface area contributed by atoms with Crippen molar-refractivity contribution in [2.24, 2.45) is 0 Å². The Balaban J connectivity index is 2.96. The number of carboxylic acid groups (broad SMARTS) is 1. The second-order valence-corrected chi connectivity index (χ2v) is 4.77. The van der Waals surface area contributed by atoms with Crippen LogP contribution in [-0.2, 0) is 4.79 Å². The first-order chi connectivity index (χ1) is 8.49. The number of rotatable bonds is 5. The minimum atomic E-state index is -1.04. The smallest absolute Gasteiger partial charge is 0.335 e. The fraction of sp³-hybridized carbons (Fsp3) is 0.333. The van der Waals surface area contributed by atoms with Crippen LogP contribution in [0.3, 0.4) is 0 Å². The zero-order chi connectivity index (χ0) is 13.7. The van der Waals surface area contributed by atoms with Crippen molar-refractivity contribution in [2.45, 2.75) is 12.2 Å². The number of carbonyl (C=O) groups is 2. The van der Waals surface area contributed by atoms with Crippen LogP contribution < -0.4 is 10.1 Å². The summed E-state index contributed by atoms with van der Waals surface area (Å²) >= 11 is 1.43. The molecule has 0 saturated carbocycles. The fourth-order valence-electron chi connectivity index (χ4n) is 1.27. The summed E-state index contributed by atoms with van der Waals surface area (Å²) in [4.78, 5) is 22.5. The molecule has 98 valence electrons. The van der Waals surface area contributed by atoms with Crippen LogP contribution in [0, 0.1) is 0 Å². The summed E-state index contributed by atoms with van der Waals surface area (Å²) in [5.41, 5.74) is 0.580. The van der Waals surface area contributed by atoms with Gasteiger partial charge >= 0.3 is 5.97 Å². The first-order valence-electron chi connectivity index (χ1n) is 5.24. The van der Waals surface area contributed by atoms with Gasteiger partial charge < -0.3 is 15.2 Å². The lowest BCUT2D eigenvalue weighted by Crippen LogP contribution is -2.22. The largest absolute Gasteiger partial charge is 0.495 e. The molecule has 1 rings (SSSR count). The van der Waals surface area contributed by atoms with Gasteiger partial charge in [-0.1, -0.05) is 0 Å². The Morgan fingerprint density at radius 3 is 2.61 bits per heavy atom. The Kier molecular flexibility index (Phi) is 5.03. The van der Waals surface area contributed by atoms with Crippen LogP contribution in [0.15, 0.2) is 18.2 Å². The number of hydrogen-bond donors (Lipinski definition) is 2. The third-order valence-corrected chi connectivity index (χ3v) is 3.35. The van der Waals surface area contributed by atoms with Gasteiger partial charge in [-0.3, -0.25) is 4.79 Å². The molecule has 0 saturated heterocycles. The van der Waals surface area contributed by atoms with E-state index in [2.05, 4.69) is 5.32 Å². The van der Waals surface area contributed by atoms with Crippen molar-refractivity contribution in [1.29, 1.82) is 0 Å².